The third kappa shape index (κ3) is 3.89. The summed E-state index contributed by atoms with van der Waals surface area (Å²) in [6, 6.07) is 15.2. The molecule has 7 heteroatoms. The van der Waals surface area contributed by atoms with Gasteiger partial charge in [0, 0.05) is 12.1 Å². The molecule has 1 heterocycles. The van der Waals surface area contributed by atoms with Crippen LogP contribution in [-0.4, -0.2) is 10.2 Å². The fourth-order valence-corrected chi connectivity index (χ4v) is 2.90. The summed E-state index contributed by atoms with van der Waals surface area (Å²) < 4.78 is 0. The molecule has 0 aliphatic rings. The van der Waals surface area contributed by atoms with Crippen molar-refractivity contribution in [3.8, 4) is 0 Å². The van der Waals surface area contributed by atoms with Crippen LogP contribution < -0.4 is 11.1 Å². The summed E-state index contributed by atoms with van der Waals surface area (Å²) in [5.74, 6) is 0. The van der Waals surface area contributed by atoms with Crippen LogP contribution in [0.15, 0.2) is 53.7 Å². The maximum Gasteiger partial charge on any atom is 0.210 e. The predicted molar refractivity (Wildman–Crippen MR) is 93.4 cm³/mol. The van der Waals surface area contributed by atoms with Crippen molar-refractivity contribution < 1.29 is 0 Å². The quantitative estimate of drug-likeness (QED) is 0.527. The number of rotatable bonds is 6. The molecule has 0 bridgehead atoms. The molecule has 0 unspecified atom stereocenters. The van der Waals surface area contributed by atoms with Crippen molar-refractivity contribution >= 4 is 33.5 Å². The van der Waals surface area contributed by atoms with Gasteiger partial charge in [-0.15, -0.1) is 15.1 Å². The minimum atomic E-state index is 0.256. The Balaban J connectivity index is 1.66. The Morgan fingerprint density at radius 3 is 2.70 bits per heavy atom. The molecule has 23 heavy (non-hydrogen) atoms. The molecule has 0 atom stereocenters. The molecular weight excluding hydrogens is 310 g/mol. The Hall–Kier alpha value is -2.80. The van der Waals surface area contributed by atoms with E-state index in [2.05, 4.69) is 32.8 Å². The van der Waals surface area contributed by atoms with E-state index in [0.29, 0.717) is 16.5 Å². The van der Waals surface area contributed by atoms with Crippen LogP contribution in [0.25, 0.3) is 0 Å². The van der Waals surface area contributed by atoms with E-state index in [1.54, 1.807) is 12.1 Å². The van der Waals surface area contributed by atoms with Crippen molar-refractivity contribution in [2.24, 2.45) is 5.18 Å². The minimum Gasteiger partial charge on any atom is -0.399 e. The van der Waals surface area contributed by atoms with Crippen LogP contribution in [0.2, 0.25) is 0 Å². The van der Waals surface area contributed by atoms with Crippen LogP contribution in [0, 0.1) is 4.91 Å². The summed E-state index contributed by atoms with van der Waals surface area (Å²) in [5, 5.41) is 15.9. The number of nitrogens with zero attached hydrogens (tertiary/aromatic N) is 3. The lowest BCUT2D eigenvalue weighted by molar-refractivity contribution is 0.905. The molecule has 3 N–H and O–H groups in total. The largest absolute Gasteiger partial charge is 0.399 e. The number of hydrogen-bond acceptors (Lipinski definition) is 7. The second-order valence-electron chi connectivity index (χ2n) is 4.98. The van der Waals surface area contributed by atoms with Gasteiger partial charge in [-0.2, -0.15) is 0 Å². The highest BCUT2D eigenvalue weighted by Crippen LogP contribution is 2.31. The third-order valence-corrected chi connectivity index (χ3v) is 4.20. The molecule has 2 aromatic carbocycles. The third-order valence-electron chi connectivity index (χ3n) is 3.30. The number of anilines is 3. The van der Waals surface area contributed by atoms with Crippen molar-refractivity contribution in [3.05, 3.63) is 64.0 Å². The number of aryl methyl sites for hydroxylation is 2. The number of nitrogens with one attached hydrogen (secondary N) is 1. The maximum absolute atomic E-state index is 10.9. The smallest absolute Gasteiger partial charge is 0.210 e. The molecule has 116 valence electrons. The first-order chi connectivity index (χ1) is 11.2. The Morgan fingerprint density at radius 1 is 1.09 bits per heavy atom. The lowest BCUT2D eigenvalue weighted by atomic mass is 10.1. The van der Waals surface area contributed by atoms with Gasteiger partial charge in [0.2, 0.25) is 5.13 Å². The Morgan fingerprint density at radius 2 is 1.91 bits per heavy atom. The predicted octanol–water partition coefficient (Wildman–Crippen LogP) is 4.05. The van der Waals surface area contributed by atoms with Crippen LogP contribution in [0.3, 0.4) is 0 Å². The van der Waals surface area contributed by atoms with Gasteiger partial charge < -0.3 is 11.1 Å². The summed E-state index contributed by atoms with van der Waals surface area (Å²) in [6.07, 6.45) is 1.74. The van der Waals surface area contributed by atoms with Crippen molar-refractivity contribution in [1.82, 2.24) is 10.2 Å². The van der Waals surface area contributed by atoms with Crippen LogP contribution >= 0.6 is 11.3 Å². The second kappa shape index (κ2) is 6.97. The van der Waals surface area contributed by atoms with E-state index in [4.69, 9.17) is 5.73 Å². The van der Waals surface area contributed by atoms with Crippen molar-refractivity contribution in [2.45, 2.75) is 12.8 Å². The van der Waals surface area contributed by atoms with Crippen LogP contribution in [0.4, 0.5) is 22.2 Å². The Bertz CT molecular complexity index is 803. The van der Waals surface area contributed by atoms with Gasteiger partial charge in [0.15, 0.2) is 0 Å². The number of aromatic nitrogens is 2. The highest BCUT2D eigenvalue weighted by atomic mass is 32.1. The Labute approximate surface area is 137 Å². The molecule has 0 aliphatic heterocycles. The Kier molecular flexibility index (Phi) is 4.58. The van der Waals surface area contributed by atoms with Crippen molar-refractivity contribution in [3.63, 3.8) is 0 Å². The number of nitrogen functional groups attached to an aromatic ring is 1. The van der Waals surface area contributed by atoms with Crippen molar-refractivity contribution in [2.75, 3.05) is 11.1 Å². The molecule has 0 aliphatic carbocycles. The van der Waals surface area contributed by atoms with E-state index in [-0.39, 0.29) is 5.69 Å². The summed E-state index contributed by atoms with van der Waals surface area (Å²) >= 11 is 1.46. The highest BCUT2D eigenvalue weighted by Gasteiger charge is 2.08. The first-order valence-corrected chi connectivity index (χ1v) is 7.92. The maximum atomic E-state index is 10.9. The highest BCUT2D eigenvalue weighted by molar-refractivity contribution is 7.15. The molecule has 0 saturated heterocycles. The molecular formula is C16H15N5OS. The number of nitrogens with two attached hydrogens (primary N) is 1. The second-order valence-corrected chi connectivity index (χ2v) is 6.04. The normalized spacial score (nSPS) is 10.4. The fraction of sp³-hybridized carbons (Fsp3) is 0.125. The number of benzene rings is 2. The summed E-state index contributed by atoms with van der Waals surface area (Å²) in [6.45, 7) is 0. The molecule has 0 radical (unpaired) electrons. The number of hydrogen-bond donors (Lipinski definition) is 2. The molecule has 0 amide bonds. The molecule has 1 aromatic heterocycles. The molecule has 0 spiro atoms. The van der Waals surface area contributed by atoms with E-state index >= 15 is 0 Å². The van der Waals surface area contributed by atoms with Crippen molar-refractivity contribution in [1.29, 1.82) is 0 Å². The zero-order valence-electron chi connectivity index (χ0n) is 12.3. The van der Waals surface area contributed by atoms with Crippen LogP contribution in [0.5, 0.6) is 0 Å². The molecule has 6 nitrogen and oxygen atoms in total. The molecule has 3 rings (SSSR count). The van der Waals surface area contributed by atoms with Gasteiger partial charge in [-0.05, 0) is 35.4 Å². The van der Waals surface area contributed by atoms with E-state index in [9.17, 15) is 4.91 Å². The standard InChI is InChI=1S/C16H15N5OS/c17-12-7-8-13(14(10-12)21-22)18-16-20-19-15(23-16)9-6-11-4-2-1-3-5-11/h1-5,7-8,10H,6,9,17H2,(H,18,20). The zero-order chi connectivity index (χ0) is 16.1. The summed E-state index contributed by atoms with van der Waals surface area (Å²) in [7, 11) is 0. The average molecular weight is 325 g/mol. The van der Waals surface area contributed by atoms with E-state index < -0.39 is 0 Å². The fourth-order valence-electron chi connectivity index (χ4n) is 2.15. The summed E-state index contributed by atoms with van der Waals surface area (Å²) in [5.41, 5.74) is 8.23. The topological polar surface area (TPSA) is 93.3 Å². The van der Waals surface area contributed by atoms with Gasteiger partial charge in [-0.3, -0.25) is 0 Å². The zero-order valence-corrected chi connectivity index (χ0v) is 13.1. The van der Waals surface area contributed by atoms with Gasteiger partial charge in [0.1, 0.15) is 10.7 Å². The van der Waals surface area contributed by atoms with Gasteiger partial charge in [0.05, 0.1) is 5.69 Å². The van der Waals surface area contributed by atoms with Gasteiger partial charge in [0.25, 0.3) is 0 Å². The van der Waals surface area contributed by atoms with Gasteiger partial charge >= 0.3 is 0 Å². The lowest BCUT2D eigenvalue weighted by Crippen LogP contribution is -1.91. The molecule has 0 fully saturated rings. The average Bonchev–Trinajstić information content (AvgIpc) is 3.03. The van der Waals surface area contributed by atoms with E-state index in [1.807, 2.05) is 18.2 Å². The lowest BCUT2D eigenvalue weighted by Gasteiger charge is -2.04. The van der Waals surface area contributed by atoms with Gasteiger partial charge in [-0.1, -0.05) is 41.7 Å². The van der Waals surface area contributed by atoms with E-state index in [0.717, 1.165) is 17.8 Å². The van der Waals surface area contributed by atoms with Crippen LogP contribution in [-0.2, 0) is 12.8 Å². The molecule has 0 saturated carbocycles. The monoisotopic (exact) mass is 325 g/mol. The first kappa shape index (κ1) is 15.1. The van der Waals surface area contributed by atoms with Crippen LogP contribution in [0.1, 0.15) is 10.6 Å². The SMILES string of the molecule is Nc1ccc(Nc2nnc(CCc3ccccc3)s2)c(N=O)c1. The van der Waals surface area contributed by atoms with Gasteiger partial charge in [-0.25, -0.2) is 0 Å². The van der Waals surface area contributed by atoms with E-state index in [1.165, 1.54) is 23.0 Å². The number of nitroso groups, excluding NO2 is 1. The minimum absolute atomic E-state index is 0.256. The summed E-state index contributed by atoms with van der Waals surface area (Å²) in [4.78, 5) is 10.9. The molecule has 3 aromatic rings. The first-order valence-electron chi connectivity index (χ1n) is 7.11.